The van der Waals surface area contributed by atoms with Crippen LogP contribution in [0.2, 0.25) is 0 Å². The van der Waals surface area contributed by atoms with E-state index in [1.54, 1.807) is 0 Å². The average molecular weight is 637 g/mol. The Kier molecular flexibility index (Phi) is 8.10. The zero-order chi connectivity index (χ0) is 33.4. The SMILES string of the molecule is [O-]C1C(c2c(O)cc(N(c3ccccc3)c3ccccc3)cc2O)C([O-])C1c1c(O)cc(N(c2ccccc2)c2ccccc2)cc1O. The molecule has 0 heterocycles. The van der Waals surface area contributed by atoms with Crippen LogP contribution < -0.4 is 20.0 Å². The Morgan fingerprint density at radius 3 is 0.812 bits per heavy atom. The van der Waals surface area contributed by atoms with E-state index in [0.29, 0.717) is 11.4 Å². The van der Waals surface area contributed by atoms with Crippen molar-refractivity contribution in [2.45, 2.75) is 24.0 Å². The molecule has 8 heteroatoms. The highest BCUT2D eigenvalue weighted by molar-refractivity contribution is 5.80. The van der Waals surface area contributed by atoms with Gasteiger partial charge in [0.15, 0.2) is 0 Å². The minimum Gasteiger partial charge on any atom is -0.851 e. The van der Waals surface area contributed by atoms with Crippen LogP contribution in [0.3, 0.4) is 0 Å². The molecule has 6 aromatic rings. The number of rotatable bonds is 8. The van der Waals surface area contributed by atoms with Crippen LogP contribution in [-0.4, -0.2) is 32.6 Å². The molecular weight excluding hydrogens is 604 g/mol. The lowest BCUT2D eigenvalue weighted by Gasteiger charge is -2.61. The summed E-state index contributed by atoms with van der Waals surface area (Å²) in [5.74, 6) is -4.19. The quantitative estimate of drug-likeness (QED) is 0.144. The molecule has 0 saturated heterocycles. The highest BCUT2D eigenvalue weighted by Crippen LogP contribution is 2.55. The second kappa shape index (κ2) is 12.7. The standard InChI is InChI=1S/C40H32N2O6/c43-31-21-29(41(25-13-5-1-6-14-25)26-15-7-2-8-16-26)22-32(44)35(31)37-39(47)38(40(37)48)36-33(45)23-30(24-34(36)46)42(27-17-9-3-10-18-27)28-19-11-4-12-20-28/h1-24,37-40,43-46H/q-2. The van der Waals surface area contributed by atoms with Gasteiger partial charge in [-0.3, -0.25) is 0 Å². The lowest BCUT2D eigenvalue weighted by atomic mass is 9.62. The molecule has 0 aliphatic heterocycles. The van der Waals surface area contributed by atoms with Crippen molar-refractivity contribution in [2.75, 3.05) is 9.80 Å². The molecule has 1 aliphatic carbocycles. The number of para-hydroxylation sites is 4. The smallest absolute Gasteiger partial charge is 0.124 e. The van der Waals surface area contributed by atoms with E-state index in [-0.39, 0.29) is 11.1 Å². The third-order valence-corrected chi connectivity index (χ3v) is 8.90. The van der Waals surface area contributed by atoms with Gasteiger partial charge in [-0.25, -0.2) is 0 Å². The van der Waals surface area contributed by atoms with E-state index in [9.17, 15) is 30.6 Å². The van der Waals surface area contributed by atoms with Crippen molar-refractivity contribution in [3.63, 3.8) is 0 Å². The molecule has 0 amide bonds. The highest BCUT2D eigenvalue weighted by atomic mass is 16.3. The average Bonchev–Trinajstić information content (AvgIpc) is 3.10. The predicted molar refractivity (Wildman–Crippen MR) is 182 cm³/mol. The van der Waals surface area contributed by atoms with Gasteiger partial charge in [-0.05, 0) is 60.4 Å². The topological polar surface area (TPSA) is 134 Å². The van der Waals surface area contributed by atoms with Gasteiger partial charge in [0, 0.05) is 58.1 Å². The van der Waals surface area contributed by atoms with E-state index >= 15 is 0 Å². The highest BCUT2D eigenvalue weighted by Gasteiger charge is 2.43. The van der Waals surface area contributed by atoms with Gasteiger partial charge in [0.25, 0.3) is 0 Å². The van der Waals surface area contributed by atoms with Gasteiger partial charge in [0.1, 0.15) is 23.0 Å². The number of benzene rings is 6. The molecule has 1 aliphatic rings. The normalized spacial score (nSPS) is 18.5. The summed E-state index contributed by atoms with van der Waals surface area (Å²) in [6.07, 6.45) is -3.31. The fraction of sp³-hybridized carbons (Fsp3) is 0.100. The second-order valence-electron chi connectivity index (χ2n) is 11.8. The Bertz CT molecular complexity index is 1740. The van der Waals surface area contributed by atoms with Gasteiger partial charge >= 0.3 is 0 Å². The van der Waals surface area contributed by atoms with Gasteiger partial charge in [-0.2, -0.15) is 0 Å². The molecule has 0 aromatic heterocycles. The summed E-state index contributed by atoms with van der Waals surface area (Å²) in [4.78, 5) is 3.67. The van der Waals surface area contributed by atoms with Gasteiger partial charge < -0.3 is 40.4 Å². The number of hydrogen-bond donors (Lipinski definition) is 4. The second-order valence-corrected chi connectivity index (χ2v) is 11.8. The van der Waals surface area contributed by atoms with Crippen molar-refractivity contribution in [3.8, 4) is 23.0 Å². The number of hydrogen-bond acceptors (Lipinski definition) is 8. The van der Waals surface area contributed by atoms with Crippen molar-refractivity contribution in [1.82, 2.24) is 0 Å². The molecule has 48 heavy (non-hydrogen) atoms. The van der Waals surface area contributed by atoms with Gasteiger partial charge in [0.05, 0.1) is 11.4 Å². The molecule has 0 unspecified atom stereocenters. The number of phenols is 4. The first-order valence-electron chi connectivity index (χ1n) is 15.6. The Labute approximate surface area is 277 Å². The van der Waals surface area contributed by atoms with Gasteiger partial charge in [0.2, 0.25) is 0 Å². The van der Waals surface area contributed by atoms with E-state index in [2.05, 4.69) is 0 Å². The molecular formula is C40H32N2O6-2. The zero-order valence-corrected chi connectivity index (χ0v) is 25.7. The van der Waals surface area contributed by atoms with Crippen LogP contribution in [0.5, 0.6) is 23.0 Å². The third-order valence-electron chi connectivity index (χ3n) is 8.90. The summed E-state index contributed by atoms with van der Waals surface area (Å²) >= 11 is 0. The van der Waals surface area contributed by atoms with Gasteiger partial charge in [-0.15, -0.1) is 12.2 Å². The third kappa shape index (κ3) is 5.43. The molecule has 0 bridgehead atoms. The summed E-state index contributed by atoms with van der Waals surface area (Å²) < 4.78 is 0. The summed E-state index contributed by atoms with van der Waals surface area (Å²) in [5, 5.41) is 72.2. The maximum Gasteiger partial charge on any atom is 0.124 e. The van der Waals surface area contributed by atoms with Crippen LogP contribution in [0.25, 0.3) is 0 Å². The first-order valence-corrected chi connectivity index (χ1v) is 15.6. The van der Waals surface area contributed by atoms with Crippen molar-refractivity contribution in [3.05, 3.63) is 157 Å². The molecule has 1 fully saturated rings. The van der Waals surface area contributed by atoms with E-state index in [4.69, 9.17) is 0 Å². The van der Waals surface area contributed by atoms with Crippen LogP contribution in [0.15, 0.2) is 146 Å². The van der Waals surface area contributed by atoms with Crippen molar-refractivity contribution < 1.29 is 30.6 Å². The van der Waals surface area contributed by atoms with Crippen LogP contribution >= 0.6 is 0 Å². The van der Waals surface area contributed by atoms with Crippen molar-refractivity contribution in [2.24, 2.45) is 0 Å². The van der Waals surface area contributed by atoms with E-state index in [1.807, 2.05) is 131 Å². The lowest BCUT2D eigenvalue weighted by Crippen LogP contribution is -2.63. The summed E-state index contributed by atoms with van der Waals surface area (Å²) in [7, 11) is 0. The van der Waals surface area contributed by atoms with E-state index < -0.39 is 47.0 Å². The Morgan fingerprint density at radius 1 is 0.354 bits per heavy atom. The minimum atomic E-state index is -1.66. The largest absolute Gasteiger partial charge is 0.851 e. The van der Waals surface area contributed by atoms with Gasteiger partial charge in [-0.1, -0.05) is 72.8 Å². The van der Waals surface area contributed by atoms with Crippen LogP contribution in [-0.2, 0) is 0 Å². The molecule has 7 rings (SSSR count). The first-order chi connectivity index (χ1) is 23.3. The summed E-state index contributed by atoms with van der Waals surface area (Å²) in [6, 6.07) is 43.3. The van der Waals surface area contributed by atoms with Crippen molar-refractivity contribution >= 4 is 34.1 Å². The molecule has 8 nitrogen and oxygen atoms in total. The Hall–Kier alpha value is -5.96. The van der Waals surface area contributed by atoms with Crippen molar-refractivity contribution in [1.29, 1.82) is 0 Å². The summed E-state index contributed by atoms with van der Waals surface area (Å²) in [6.45, 7) is 0. The lowest BCUT2D eigenvalue weighted by molar-refractivity contribution is -0.536. The fourth-order valence-electron chi connectivity index (χ4n) is 6.69. The monoisotopic (exact) mass is 636 g/mol. The molecule has 0 spiro atoms. The number of phenolic OH excluding ortho intramolecular Hbond substituents is 4. The fourth-order valence-corrected chi connectivity index (χ4v) is 6.69. The maximum atomic E-state index is 13.7. The number of aromatic hydroxyl groups is 4. The van der Waals surface area contributed by atoms with Crippen LogP contribution in [0, 0.1) is 0 Å². The maximum absolute atomic E-state index is 13.7. The first kappa shape index (κ1) is 30.7. The molecule has 4 N–H and O–H groups in total. The summed E-state index contributed by atoms with van der Waals surface area (Å²) in [5.41, 5.74) is 3.66. The minimum absolute atomic E-state index is 0.147. The number of nitrogens with zero attached hydrogens (tertiary/aromatic N) is 2. The van der Waals surface area contributed by atoms with Crippen LogP contribution in [0.4, 0.5) is 34.1 Å². The predicted octanol–water partition coefficient (Wildman–Crippen LogP) is 6.79. The Morgan fingerprint density at radius 2 is 0.583 bits per heavy atom. The van der Waals surface area contributed by atoms with E-state index in [0.717, 1.165) is 22.7 Å². The number of anilines is 6. The molecule has 240 valence electrons. The molecule has 0 atom stereocenters. The molecule has 6 aromatic carbocycles. The molecule has 0 radical (unpaired) electrons. The molecule has 1 saturated carbocycles. The van der Waals surface area contributed by atoms with E-state index in [1.165, 1.54) is 24.3 Å². The van der Waals surface area contributed by atoms with Crippen LogP contribution in [0.1, 0.15) is 23.0 Å². The Balaban J connectivity index is 1.21. The zero-order valence-electron chi connectivity index (χ0n) is 25.7.